The van der Waals surface area contributed by atoms with Crippen LogP contribution in [-0.4, -0.2) is 27.4 Å². The maximum atomic E-state index is 13.4. The highest BCUT2D eigenvalue weighted by molar-refractivity contribution is 7.13. The van der Waals surface area contributed by atoms with Crippen molar-refractivity contribution in [3.63, 3.8) is 0 Å². The largest absolute Gasteiger partial charge is 0.343 e. The molecule has 4 nitrogen and oxygen atoms in total. The topological polar surface area (TPSA) is 38.1 Å². The Morgan fingerprint density at radius 3 is 2.39 bits per heavy atom. The Morgan fingerprint density at radius 1 is 1.06 bits per heavy atom. The van der Waals surface area contributed by atoms with Crippen molar-refractivity contribution in [2.24, 2.45) is 5.92 Å². The minimum Gasteiger partial charge on any atom is -0.343 e. The van der Waals surface area contributed by atoms with Gasteiger partial charge in [-0.15, -0.1) is 11.3 Å². The molecule has 0 aliphatic carbocycles. The minimum atomic E-state index is 0.0411. The first-order chi connectivity index (χ1) is 15.9. The maximum Gasteiger partial charge on any atom is 0.255 e. The van der Waals surface area contributed by atoms with E-state index in [1.807, 2.05) is 49.5 Å². The summed E-state index contributed by atoms with van der Waals surface area (Å²) in [6.45, 7) is 7.97. The third kappa shape index (κ3) is 5.25. The third-order valence-electron chi connectivity index (χ3n) is 5.92. The quantitative estimate of drug-likeness (QED) is 0.288. The number of aromatic nitrogens is 2. The lowest BCUT2D eigenvalue weighted by Crippen LogP contribution is -2.26. The highest BCUT2D eigenvalue weighted by Gasteiger charge is 2.22. The van der Waals surface area contributed by atoms with Crippen LogP contribution in [0.2, 0.25) is 0 Å². The number of hydrogen-bond acceptors (Lipinski definition) is 3. The molecular formula is C28H31N3OS. The summed E-state index contributed by atoms with van der Waals surface area (Å²) in [5.41, 5.74) is 5.94. The van der Waals surface area contributed by atoms with Gasteiger partial charge in [-0.1, -0.05) is 74.5 Å². The Hall–Kier alpha value is -3.18. The van der Waals surface area contributed by atoms with Crippen LogP contribution in [0.3, 0.4) is 0 Å². The first kappa shape index (κ1) is 23.0. The average molecular weight is 458 g/mol. The standard InChI is InChI=1S/C28H31N3OS/c1-20(2)15-16-31-21(3)24(28(32)30(4)18-22-11-7-5-8-12-22)17-26(31)25-19-33-27(29-25)23-13-9-6-10-14-23/h5-14,17,19-20H,15-16,18H2,1-4H3. The Morgan fingerprint density at radius 2 is 1.73 bits per heavy atom. The summed E-state index contributed by atoms with van der Waals surface area (Å²) < 4.78 is 2.27. The third-order valence-corrected chi connectivity index (χ3v) is 6.81. The predicted molar refractivity (Wildman–Crippen MR) is 137 cm³/mol. The molecule has 0 atom stereocenters. The van der Waals surface area contributed by atoms with Crippen LogP contribution in [0.5, 0.6) is 0 Å². The Kier molecular flexibility index (Phi) is 7.09. The van der Waals surface area contributed by atoms with Gasteiger partial charge in [0.15, 0.2) is 0 Å². The number of carbonyl (C=O) groups is 1. The molecule has 0 aliphatic heterocycles. The Balaban J connectivity index is 1.67. The van der Waals surface area contributed by atoms with Gasteiger partial charge < -0.3 is 9.47 Å². The molecule has 0 N–H and O–H groups in total. The van der Waals surface area contributed by atoms with Gasteiger partial charge in [-0.3, -0.25) is 4.79 Å². The van der Waals surface area contributed by atoms with E-state index < -0.39 is 0 Å². The van der Waals surface area contributed by atoms with Crippen molar-refractivity contribution < 1.29 is 4.79 Å². The second-order valence-corrected chi connectivity index (χ2v) is 9.77. The molecule has 0 fully saturated rings. The van der Waals surface area contributed by atoms with Crippen LogP contribution in [0.25, 0.3) is 22.0 Å². The van der Waals surface area contributed by atoms with E-state index in [9.17, 15) is 4.79 Å². The van der Waals surface area contributed by atoms with Gasteiger partial charge in [0, 0.05) is 36.8 Å². The van der Waals surface area contributed by atoms with Crippen molar-refractivity contribution >= 4 is 17.2 Å². The van der Waals surface area contributed by atoms with Crippen molar-refractivity contribution in [3.8, 4) is 22.0 Å². The van der Waals surface area contributed by atoms with E-state index in [1.54, 1.807) is 16.2 Å². The Bertz CT molecular complexity index is 1210. The zero-order valence-corrected chi connectivity index (χ0v) is 20.6. The Labute approximate surface area is 200 Å². The number of hydrogen-bond donors (Lipinski definition) is 0. The molecule has 0 spiro atoms. The minimum absolute atomic E-state index is 0.0411. The number of amides is 1. The zero-order chi connectivity index (χ0) is 23.4. The normalized spacial score (nSPS) is 11.2. The first-order valence-corrected chi connectivity index (χ1v) is 12.3. The van der Waals surface area contributed by atoms with Gasteiger partial charge in [-0.2, -0.15) is 0 Å². The van der Waals surface area contributed by atoms with Crippen LogP contribution in [0.4, 0.5) is 0 Å². The summed E-state index contributed by atoms with van der Waals surface area (Å²) in [7, 11) is 1.87. The van der Waals surface area contributed by atoms with Gasteiger partial charge in [0.05, 0.1) is 17.0 Å². The summed E-state index contributed by atoms with van der Waals surface area (Å²) in [5, 5.41) is 3.10. The molecule has 33 heavy (non-hydrogen) atoms. The average Bonchev–Trinajstić information content (AvgIpc) is 3.43. The molecule has 4 rings (SSSR count). The van der Waals surface area contributed by atoms with Crippen molar-refractivity contribution in [1.82, 2.24) is 14.5 Å². The van der Waals surface area contributed by atoms with Crippen molar-refractivity contribution in [2.75, 3.05) is 7.05 Å². The summed E-state index contributed by atoms with van der Waals surface area (Å²) in [6, 6.07) is 22.4. The fraction of sp³-hybridized carbons (Fsp3) is 0.286. The number of benzene rings is 2. The number of thiazole rings is 1. The van der Waals surface area contributed by atoms with E-state index in [1.165, 1.54) is 0 Å². The van der Waals surface area contributed by atoms with Crippen LogP contribution in [0, 0.1) is 12.8 Å². The van der Waals surface area contributed by atoms with E-state index in [0.29, 0.717) is 12.5 Å². The van der Waals surface area contributed by atoms with Gasteiger partial charge in [-0.25, -0.2) is 4.98 Å². The SMILES string of the molecule is Cc1c(C(=O)N(C)Cc2ccccc2)cc(-c2csc(-c3ccccc3)n2)n1CCC(C)C. The number of rotatable bonds is 8. The zero-order valence-electron chi connectivity index (χ0n) is 19.8. The maximum absolute atomic E-state index is 13.4. The summed E-state index contributed by atoms with van der Waals surface area (Å²) >= 11 is 1.64. The molecule has 0 saturated heterocycles. The highest BCUT2D eigenvalue weighted by Crippen LogP contribution is 2.32. The van der Waals surface area contributed by atoms with Gasteiger partial charge >= 0.3 is 0 Å². The highest BCUT2D eigenvalue weighted by atomic mass is 32.1. The van der Waals surface area contributed by atoms with Crippen LogP contribution < -0.4 is 0 Å². The van der Waals surface area contributed by atoms with E-state index >= 15 is 0 Å². The molecule has 4 aromatic rings. The van der Waals surface area contributed by atoms with Gasteiger partial charge in [0.25, 0.3) is 5.91 Å². The van der Waals surface area contributed by atoms with E-state index in [4.69, 9.17) is 4.98 Å². The monoisotopic (exact) mass is 457 g/mol. The van der Waals surface area contributed by atoms with Crippen molar-refractivity contribution in [3.05, 3.63) is 88.9 Å². The summed E-state index contributed by atoms with van der Waals surface area (Å²) in [4.78, 5) is 20.2. The fourth-order valence-electron chi connectivity index (χ4n) is 3.99. The van der Waals surface area contributed by atoms with Crippen LogP contribution in [-0.2, 0) is 13.1 Å². The van der Waals surface area contributed by atoms with Crippen molar-refractivity contribution in [1.29, 1.82) is 0 Å². The summed E-state index contributed by atoms with van der Waals surface area (Å²) in [6.07, 6.45) is 1.05. The molecule has 0 aliphatic rings. The van der Waals surface area contributed by atoms with Crippen LogP contribution in [0.1, 0.15) is 41.9 Å². The molecule has 5 heteroatoms. The smallest absolute Gasteiger partial charge is 0.255 e. The lowest BCUT2D eigenvalue weighted by molar-refractivity contribution is 0.0784. The second kappa shape index (κ2) is 10.2. The predicted octanol–water partition coefficient (Wildman–Crippen LogP) is 6.91. The van der Waals surface area contributed by atoms with Gasteiger partial charge in [-0.05, 0) is 30.9 Å². The molecule has 170 valence electrons. The van der Waals surface area contributed by atoms with Crippen LogP contribution in [0.15, 0.2) is 72.1 Å². The molecule has 0 radical (unpaired) electrons. The molecule has 0 saturated carbocycles. The van der Waals surface area contributed by atoms with Crippen LogP contribution >= 0.6 is 11.3 Å². The molecule has 2 aromatic heterocycles. The van der Waals surface area contributed by atoms with E-state index in [-0.39, 0.29) is 5.91 Å². The second-order valence-electron chi connectivity index (χ2n) is 8.91. The van der Waals surface area contributed by atoms with Crippen molar-refractivity contribution in [2.45, 2.75) is 40.3 Å². The summed E-state index contributed by atoms with van der Waals surface area (Å²) in [5.74, 6) is 0.620. The molecule has 0 bridgehead atoms. The molecule has 2 aromatic carbocycles. The molecule has 0 unspecified atom stereocenters. The fourth-order valence-corrected chi connectivity index (χ4v) is 4.81. The lowest BCUT2D eigenvalue weighted by Gasteiger charge is -2.18. The van der Waals surface area contributed by atoms with E-state index in [0.717, 1.165) is 51.7 Å². The molecule has 2 heterocycles. The first-order valence-electron chi connectivity index (χ1n) is 11.4. The van der Waals surface area contributed by atoms with E-state index in [2.05, 4.69) is 55.0 Å². The molecule has 1 amide bonds. The molecular weight excluding hydrogens is 426 g/mol. The van der Waals surface area contributed by atoms with Gasteiger partial charge in [0.1, 0.15) is 5.01 Å². The van der Waals surface area contributed by atoms with Gasteiger partial charge in [0.2, 0.25) is 0 Å². The number of carbonyl (C=O) groups excluding carboxylic acids is 1. The lowest BCUT2D eigenvalue weighted by atomic mass is 10.1. The number of nitrogens with zero attached hydrogens (tertiary/aromatic N) is 3.